The van der Waals surface area contributed by atoms with Crippen molar-refractivity contribution in [2.24, 2.45) is 0 Å². The summed E-state index contributed by atoms with van der Waals surface area (Å²) in [6.07, 6.45) is 0. The molecule has 0 unspecified atom stereocenters. The molecule has 0 aromatic heterocycles. The zero-order chi connectivity index (χ0) is 6.97. The third-order valence-electron chi connectivity index (χ3n) is 1.47. The number of benzene rings is 1. The van der Waals surface area contributed by atoms with Crippen molar-refractivity contribution in [3.8, 4) is 5.75 Å². The second-order valence-corrected chi connectivity index (χ2v) is 2.12. The van der Waals surface area contributed by atoms with Crippen LogP contribution < -0.4 is 9.80 Å². The maximum Gasteiger partial charge on any atom is 0.151 e. The van der Waals surface area contributed by atoms with E-state index in [-0.39, 0.29) is 6.73 Å². The number of hydrogen-bond donors (Lipinski definition) is 0. The molecule has 0 spiro atoms. The first-order valence-electron chi connectivity index (χ1n) is 3.04. The highest BCUT2D eigenvalue weighted by atomic mass is 16.6. The van der Waals surface area contributed by atoms with E-state index in [1.807, 2.05) is 12.1 Å². The molecule has 10 heavy (non-hydrogen) atoms. The lowest BCUT2D eigenvalue weighted by molar-refractivity contribution is 0.356. The number of hydroxylamine groups is 1. The molecular weight excluding hydrogens is 130 g/mol. The van der Waals surface area contributed by atoms with Gasteiger partial charge in [-0.15, -0.1) is 0 Å². The fraction of sp³-hybridized carbons (Fsp3) is 0.143. The van der Waals surface area contributed by atoms with E-state index in [0.29, 0.717) is 11.4 Å². The van der Waals surface area contributed by atoms with Gasteiger partial charge in [0, 0.05) is 0 Å². The van der Waals surface area contributed by atoms with Gasteiger partial charge in [-0.3, -0.25) is 0 Å². The minimum Gasteiger partial charge on any atom is -0.756 e. The van der Waals surface area contributed by atoms with Crippen LogP contribution in [0.1, 0.15) is 0 Å². The number of anilines is 1. The molecule has 0 atom stereocenters. The summed E-state index contributed by atoms with van der Waals surface area (Å²) in [7, 11) is 0. The fourth-order valence-corrected chi connectivity index (χ4v) is 0.983. The Bertz CT molecular complexity index is 249. The smallest absolute Gasteiger partial charge is 0.151 e. The average Bonchev–Trinajstić information content (AvgIpc) is 2.34. The number of fused-ring (bicyclic) bond motifs is 1. The number of nitrogens with zero attached hydrogens (tertiary/aromatic N) is 1. The van der Waals surface area contributed by atoms with Crippen molar-refractivity contribution in [3.63, 3.8) is 0 Å². The number of ether oxygens (including phenoxy) is 1. The van der Waals surface area contributed by atoms with Gasteiger partial charge >= 0.3 is 0 Å². The maximum atomic E-state index is 10.9. The Labute approximate surface area is 58.4 Å². The average molecular weight is 136 g/mol. The van der Waals surface area contributed by atoms with Gasteiger partial charge in [0.1, 0.15) is 5.75 Å². The Morgan fingerprint density at radius 1 is 1.40 bits per heavy atom. The van der Waals surface area contributed by atoms with Gasteiger partial charge in [0.2, 0.25) is 0 Å². The van der Waals surface area contributed by atoms with Crippen molar-refractivity contribution in [3.05, 3.63) is 29.5 Å². The molecule has 0 saturated heterocycles. The summed E-state index contributed by atoms with van der Waals surface area (Å²) in [4.78, 5) is 0. The molecule has 3 nitrogen and oxygen atoms in total. The topological polar surface area (TPSA) is 35.5 Å². The molecular formula is C7H6NO2-. The van der Waals surface area contributed by atoms with E-state index in [9.17, 15) is 5.21 Å². The predicted molar refractivity (Wildman–Crippen MR) is 37.8 cm³/mol. The number of rotatable bonds is 0. The van der Waals surface area contributed by atoms with Gasteiger partial charge in [-0.05, 0) is 12.1 Å². The third kappa shape index (κ3) is 0.642. The van der Waals surface area contributed by atoms with Crippen LogP contribution >= 0.6 is 0 Å². The zero-order valence-electron chi connectivity index (χ0n) is 5.28. The van der Waals surface area contributed by atoms with Gasteiger partial charge in [-0.1, -0.05) is 12.1 Å². The SMILES string of the molecule is [O-]N1COc2ccccc21. The highest BCUT2D eigenvalue weighted by Gasteiger charge is 2.10. The van der Waals surface area contributed by atoms with Crippen molar-refractivity contribution in [2.45, 2.75) is 0 Å². The third-order valence-corrected chi connectivity index (χ3v) is 1.47. The van der Waals surface area contributed by atoms with E-state index in [1.165, 1.54) is 0 Å². The zero-order valence-corrected chi connectivity index (χ0v) is 5.28. The van der Waals surface area contributed by atoms with Crippen LogP contribution in [-0.2, 0) is 0 Å². The van der Waals surface area contributed by atoms with Crippen LogP contribution in [0.25, 0.3) is 0 Å². The molecule has 0 bridgehead atoms. The van der Waals surface area contributed by atoms with E-state index >= 15 is 0 Å². The Hall–Kier alpha value is -1.22. The summed E-state index contributed by atoms with van der Waals surface area (Å²) in [5.74, 6) is 0.678. The molecule has 1 aromatic carbocycles. The molecule has 1 aromatic rings. The Morgan fingerprint density at radius 3 is 3.00 bits per heavy atom. The van der Waals surface area contributed by atoms with Gasteiger partial charge < -0.3 is 15.0 Å². The van der Waals surface area contributed by atoms with E-state index in [4.69, 9.17) is 4.74 Å². The molecule has 1 aliphatic heterocycles. The molecule has 0 amide bonds. The van der Waals surface area contributed by atoms with Crippen molar-refractivity contribution < 1.29 is 4.74 Å². The Balaban J connectivity index is 2.51. The molecule has 0 aliphatic carbocycles. The van der Waals surface area contributed by atoms with E-state index < -0.39 is 0 Å². The van der Waals surface area contributed by atoms with Crippen molar-refractivity contribution >= 4 is 5.69 Å². The quantitative estimate of drug-likeness (QED) is 0.539. The fourth-order valence-electron chi connectivity index (χ4n) is 0.983. The number of hydrogen-bond acceptors (Lipinski definition) is 3. The molecule has 0 fully saturated rings. The minimum atomic E-state index is 0.124. The first kappa shape index (κ1) is 5.56. The Morgan fingerprint density at radius 2 is 2.20 bits per heavy atom. The first-order valence-corrected chi connectivity index (χ1v) is 3.04. The van der Waals surface area contributed by atoms with Crippen LogP contribution in [0.5, 0.6) is 5.75 Å². The predicted octanol–water partition coefficient (Wildman–Crippen LogP) is 1.34. The second kappa shape index (κ2) is 1.88. The van der Waals surface area contributed by atoms with Gasteiger partial charge in [0.15, 0.2) is 6.73 Å². The molecule has 0 radical (unpaired) electrons. The lowest BCUT2D eigenvalue weighted by Gasteiger charge is -2.20. The van der Waals surface area contributed by atoms with Crippen molar-refractivity contribution in [2.75, 3.05) is 11.8 Å². The van der Waals surface area contributed by atoms with E-state index in [1.54, 1.807) is 12.1 Å². The molecule has 1 aliphatic rings. The second-order valence-electron chi connectivity index (χ2n) is 2.12. The van der Waals surface area contributed by atoms with Crippen LogP contribution in [0.4, 0.5) is 5.69 Å². The van der Waals surface area contributed by atoms with Gasteiger partial charge in [-0.2, -0.15) is 0 Å². The first-order chi connectivity index (χ1) is 4.88. The Kier molecular flexibility index (Phi) is 1.05. The normalized spacial score (nSPS) is 14.7. The van der Waals surface area contributed by atoms with Crippen LogP contribution in [-0.4, -0.2) is 6.73 Å². The highest BCUT2D eigenvalue weighted by molar-refractivity contribution is 5.61. The molecule has 1 heterocycles. The summed E-state index contributed by atoms with van der Waals surface area (Å²) in [5, 5.41) is 11.7. The molecule has 52 valence electrons. The lowest BCUT2D eigenvalue weighted by Crippen LogP contribution is -2.12. The summed E-state index contributed by atoms with van der Waals surface area (Å²) in [6, 6.07) is 7.19. The van der Waals surface area contributed by atoms with Crippen LogP contribution in [0.3, 0.4) is 0 Å². The van der Waals surface area contributed by atoms with Crippen LogP contribution in [0.15, 0.2) is 24.3 Å². The summed E-state index contributed by atoms with van der Waals surface area (Å²) in [5.41, 5.74) is 0.627. The van der Waals surface area contributed by atoms with Gasteiger partial charge in [0.25, 0.3) is 0 Å². The van der Waals surface area contributed by atoms with Crippen molar-refractivity contribution in [1.82, 2.24) is 0 Å². The summed E-state index contributed by atoms with van der Waals surface area (Å²) >= 11 is 0. The van der Waals surface area contributed by atoms with Crippen LogP contribution in [0, 0.1) is 5.21 Å². The molecule has 2 rings (SSSR count). The van der Waals surface area contributed by atoms with Gasteiger partial charge in [0.05, 0.1) is 5.69 Å². The molecule has 3 heteroatoms. The summed E-state index contributed by atoms with van der Waals surface area (Å²) < 4.78 is 5.02. The monoisotopic (exact) mass is 136 g/mol. The maximum absolute atomic E-state index is 10.9. The van der Waals surface area contributed by atoms with Crippen molar-refractivity contribution in [1.29, 1.82) is 0 Å². The van der Waals surface area contributed by atoms with E-state index in [2.05, 4.69) is 0 Å². The molecule has 0 saturated carbocycles. The minimum absolute atomic E-state index is 0.124. The molecule has 0 N–H and O–H groups in total. The van der Waals surface area contributed by atoms with E-state index in [0.717, 1.165) is 5.06 Å². The van der Waals surface area contributed by atoms with Crippen LogP contribution in [0.2, 0.25) is 0 Å². The standard InChI is InChI=1S/C7H6NO2/c9-8-5-10-7-4-2-1-3-6(7)8/h1-4H,5H2/q-1. The summed E-state index contributed by atoms with van der Waals surface area (Å²) in [6.45, 7) is 0.124. The van der Waals surface area contributed by atoms with Gasteiger partial charge in [-0.25, -0.2) is 0 Å². The largest absolute Gasteiger partial charge is 0.756 e. The number of para-hydroxylation sites is 2. The highest BCUT2D eigenvalue weighted by Crippen LogP contribution is 2.31. The lowest BCUT2D eigenvalue weighted by atomic mass is 10.3.